The van der Waals surface area contributed by atoms with E-state index in [0.717, 1.165) is 39.2 Å². The Morgan fingerprint density at radius 2 is 0.708 bits per heavy atom. The summed E-state index contributed by atoms with van der Waals surface area (Å²) in [5.41, 5.74) is 14.0. The number of nitrogens with zero attached hydrogens (tertiary/aromatic N) is 2. The first-order chi connectivity index (χ1) is 23.7. The number of pyridine rings is 1. The highest BCUT2D eigenvalue weighted by atomic mass is 14.7. The summed E-state index contributed by atoms with van der Waals surface area (Å²) in [6, 6.07) is 65.8. The van der Waals surface area contributed by atoms with Crippen LogP contribution in [0.15, 0.2) is 182 Å². The highest BCUT2D eigenvalue weighted by Crippen LogP contribution is 2.37. The first-order valence-corrected chi connectivity index (χ1v) is 16.1. The molecule has 0 saturated heterocycles. The fourth-order valence-electron chi connectivity index (χ4n) is 6.44. The number of rotatable bonds is 6. The van der Waals surface area contributed by atoms with Gasteiger partial charge in [0, 0.05) is 11.1 Å². The van der Waals surface area contributed by atoms with Crippen LogP contribution >= 0.6 is 0 Å². The fraction of sp³-hybridized carbons (Fsp3) is 0. The van der Waals surface area contributed by atoms with Gasteiger partial charge in [-0.25, -0.2) is 4.98 Å². The molecule has 48 heavy (non-hydrogen) atoms. The maximum absolute atomic E-state index is 9.14. The molecule has 224 valence electrons. The number of fused-ring (bicyclic) bond motifs is 1. The molecule has 1 aromatic heterocycles. The Balaban J connectivity index is 1.14. The van der Waals surface area contributed by atoms with Gasteiger partial charge in [0.2, 0.25) is 0 Å². The van der Waals surface area contributed by atoms with Crippen molar-refractivity contribution < 1.29 is 0 Å². The van der Waals surface area contributed by atoms with E-state index in [1.54, 1.807) is 0 Å². The highest BCUT2D eigenvalue weighted by Gasteiger charge is 2.12. The molecule has 8 aromatic rings. The summed E-state index contributed by atoms with van der Waals surface area (Å²) in [5, 5.41) is 11.6. The minimum absolute atomic E-state index is 0.669. The van der Waals surface area contributed by atoms with Crippen molar-refractivity contribution >= 4 is 10.8 Å². The van der Waals surface area contributed by atoms with Crippen molar-refractivity contribution in [3.05, 3.63) is 188 Å². The van der Waals surface area contributed by atoms with Crippen LogP contribution in [-0.2, 0) is 0 Å². The number of nitriles is 1. The van der Waals surface area contributed by atoms with Crippen molar-refractivity contribution in [2.45, 2.75) is 0 Å². The van der Waals surface area contributed by atoms with Gasteiger partial charge >= 0.3 is 0 Å². The third kappa shape index (κ3) is 5.66. The fourth-order valence-corrected chi connectivity index (χ4v) is 6.44. The predicted molar refractivity (Wildman–Crippen MR) is 199 cm³/mol. The molecule has 0 radical (unpaired) electrons. The van der Waals surface area contributed by atoms with Gasteiger partial charge in [0.05, 0.1) is 23.0 Å². The Bertz CT molecular complexity index is 2350. The van der Waals surface area contributed by atoms with E-state index in [2.05, 4.69) is 152 Å². The smallest absolute Gasteiger partial charge is 0.0991 e. The zero-order valence-electron chi connectivity index (χ0n) is 26.2. The van der Waals surface area contributed by atoms with E-state index >= 15 is 0 Å². The van der Waals surface area contributed by atoms with Gasteiger partial charge in [-0.2, -0.15) is 5.26 Å². The van der Waals surface area contributed by atoms with Crippen molar-refractivity contribution in [1.82, 2.24) is 4.98 Å². The summed E-state index contributed by atoms with van der Waals surface area (Å²) >= 11 is 0. The van der Waals surface area contributed by atoms with Gasteiger partial charge in [-0.05, 0) is 79.5 Å². The summed E-state index contributed by atoms with van der Waals surface area (Å²) in [6.07, 6.45) is 0. The molecular weight excluding hydrogens is 581 g/mol. The number of hydrogen-bond donors (Lipinski definition) is 0. The van der Waals surface area contributed by atoms with Crippen LogP contribution in [0.5, 0.6) is 0 Å². The van der Waals surface area contributed by atoms with Crippen LogP contribution in [0.3, 0.4) is 0 Å². The maximum atomic E-state index is 9.14. The first-order valence-electron chi connectivity index (χ1n) is 16.1. The van der Waals surface area contributed by atoms with Gasteiger partial charge < -0.3 is 0 Å². The van der Waals surface area contributed by atoms with Crippen LogP contribution in [-0.4, -0.2) is 4.98 Å². The quantitative estimate of drug-likeness (QED) is 0.188. The topological polar surface area (TPSA) is 36.7 Å². The zero-order valence-corrected chi connectivity index (χ0v) is 26.2. The lowest BCUT2D eigenvalue weighted by Gasteiger charge is -2.14. The molecule has 2 heteroatoms. The monoisotopic (exact) mass is 610 g/mol. The molecule has 0 aliphatic carbocycles. The van der Waals surface area contributed by atoms with Crippen molar-refractivity contribution in [1.29, 1.82) is 5.26 Å². The summed E-state index contributed by atoms with van der Waals surface area (Å²) in [5.74, 6) is 0. The van der Waals surface area contributed by atoms with E-state index in [9.17, 15) is 0 Å². The van der Waals surface area contributed by atoms with Gasteiger partial charge in [0.1, 0.15) is 0 Å². The molecule has 0 amide bonds. The van der Waals surface area contributed by atoms with Gasteiger partial charge in [0.15, 0.2) is 0 Å². The molecule has 0 unspecified atom stereocenters. The number of hydrogen-bond acceptors (Lipinski definition) is 2. The molecule has 7 aromatic carbocycles. The average molecular weight is 611 g/mol. The predicted octanol–water partition coefficient (Wildman–Crippen LogP) is 12.1. The number of aromatic nitrogens is 1. The summed E-state index contributed by atoms with van der Waals surface area (Å²) < 4.78 is 0. The second-order valence-corrected chi connectivity index (χ2v) is 11.9. The average Bonchev–Trinajstić information content (AvgIpc) is 3.18. The van der Waals surface area contributed by atoms with Crippen molar-refractivity contribution in [2.75, 3.05) is 0 Å². The largest absolute Gasteiger partial charge is 0.248 e. The summed E-state index contributed by atoms with van der Waals surface area (Å²) in [6.45, 7) is 0. The lowest BCUT2D eigenvalue weighted by molar-refractivity contribution is 1.32. The molecule has 8 rings (SSSR count). The second kappa shape index (κ2) is 12.7. The van der Waals surface area contributed by atoms with E-state index in [1.165, 1.54) is 38.6 Å². The lowest BCUT2D eigenvalue weighted by atomic mass is 9.91. The second-order valence-electron chi connectivity index (χ2n) is 11.9. The molecule has 0 aliphatic rings. The zero-order chi connectivity index (χ0) is 32.3. The van der Waals surface area contributed by atoms with E-state index in [0.29, 0.717) is 5.56 Å². The Hall–Kier alpha value is -6.56. The van der Waals surface area contributed by atoms with Gasteiger partial charge in [-0.3, -0.25) is 0 Å². The number of benzene rings is 7. The van der Waals surface area contributed by atoms with Gasteiger partial charge in [-0.15, -0.1) is 0 Å². The van der Waals surface area contributed by atoms with Crippen LogP contribution < -0.4 is 0 Å². The van der Waals surface area contributed by atoms with E-state index in [-0.39, 0.29) is 0 Å². The van der Waals surface area contributed by atoms with E-state index in [1.807, 2.05) is 36.4 Å². The third-order valence-electron chi connectivity index (χ3n) is 8.96. The molecular formula is C46H30N2. The van der Waals surface area contributed by atoms with Gasteiger partial charge in [-0.1, -0.05) is 158 Å². The molecule has 0 bridgehead atoms. The first kappa shape index (κ1) is 28.9. The molecule has 0 spiro atoms. The van der Waals surface area contributed by atoms with Crippen LogP contribution in [0.4, 0.5) is 0 Å². The van der Waals surface area contributed by atoms with E-state index < -0.39 is 0 Å². The Labute approximate surface area is 280 Å². The molecule has 0 aliphatic heterocycles. The van der Waals surface area contributed by atoms with Crippen molar-refractivity contribution in [3.63, 3.8) is 0 Å². The molecule has 0 atom stereocenters. The van der Waals surface area contributed by atoms with Crippen molar-refractivity contribution in [3.8, 4) is 73.1 Å². The SMILES string of the molecule is N#Cc1ccc(-c2ccc(-c3ccc(-c4ccc(-c5cc(-c6ccccc6)cc(-c6ccccc6)n5)cc4)c4ccccc34)cc2)cc1. The molecule has 0 fully saturated rings. The minimum Gasteiger partial charge on any atom is -0.248 e. The molecule has 0 saturated carbocycles. The summed E-state index contributed by atoms with van der Waals surface area (Å²) in [7, 11) is 0. The van der Waals surface area contributed by atoms with E-state index in [4.69, 9.17) is 10.2 Å². The lowest BCUT2D eigenvalue weighted by Crippen LogP contribution is -1.91. The Kier molecular flexibility index (Phi) is 7.63. The minimum atomic E-state index is 0.669. The van der Waals surface area contributed by atoms with Crippen LogP contribution in [0.2, 0.25) is 0 Å². The van der Waals surface area contributed by atoms with Crippen molar-refractivity contribution in [2.24, 2.45) is 0 Å². The standard InChI is InChI=1S/C46H30N2/c47-31-32-15-17-34(18-16-32)35-19-21-36(22-20-35)41-27-28-42(44-14-8-7-13-43(41)44)37-23-25-39(26-24-37)46-30-40(33-9-3-1-4-10-33)29-45(48-46)38-11-5-2-6-12-38/h1-30H. The molecule has 1 heterocycles. The normalized spacial score (nSPS) is 10.9. The molecule has 2 nitrogen and oxygen atoms in total. The van der Waals surface area contributed by atoms with Crippen LogP contribution in [0, 0.1) is 11.3 Å². The third-order valence-corrected chi connectivity index (χ3v) is 8.96. The Morgan fingerprint density at radius 1 is 0.333 bits per heavy atom. The van der Waals surface area contributed by atoms with Crippen LogP contribution in [0.1, 0.15) is 5.56 Å². The highest BCUT2D eigenvalue weighted by molar-refractivity contribution is 6.05. The van der Waals surface area contributed by atoms with Gasteiger partial charge in [0.25, 0.3) is 0 Å². The van der Waals surface area contributed by atoms with Crippen LogP contribution in [0.25, 0.3) is 77.8 Å². The maximum Gasteiger partial charge on any atom is 0.0991 e. The Morgan fingerprint density at radius 3 is 1.21 bits per heavy atom. The molecule has 0 N–H and O–H groups in total. The summed E-state index contributed by atoms with van der Waals surface area (Å²) in [4.78, 5) is 5.12.